The number of hydrogen-bond acceptors (Lipinski definition) is 7. The molecule has 8 heteroatoms. The van der Waals surface area contributed by atoms with Crippen molar-refractivity contribution < 1.29 is 18.0 Å². The van der Waals surface area contributed by atoms with E-state index in [0.717, 1.165) is 0 Å². The molecular weight excluding hydrogens is 337 g/mol. The maximum Gasteiger partial charge on any atom is 0.380 e. The Morgan fingerprint density at radius 3 is 2.52 bits per heavy atom. The summed E-state index contributed by atoms with van der Waals surface area (Å²) >= 11 is 5.31. The Hall–Kier alpha value is -1.71. The van der Waals surface area contributed by atoms with Crippen LogP contribution < -0.4 is 10.1 Å². The van der Waals surface area contributed by atoms with Gasteiger partial charge in [0, 0.05) is 23.3 Å². The van der Waals surface area contributed by atoms with Crippen molar-refractivity contribution in [1.29, 1.82) is 5.26 Å². The summed E-state index contributed by atoms with van der Waals surface area (Å²) in [5, 5.41) is 9.67. The van der Waals surface area contributed by atoms with Crippen LogP contribution in [-0.4, -0.2) is 13.2 Å². The Kier molecular flexibility index (Phi) is 5.55. The number of rotatable bonds is 6. The first-order valence-corrected chi connectivity index (χ1v) is 9.56. The second-order valence-electron chi connectivity index (χ2n) is 4.53. The molecule has 0 atom stereocenters. The molecule has 1 heterocycles. The molecule has 0 saturated heterocycles. The van der Waals surface area contributed by atoms with Crippen molar-refractivity contribution in [2.24, 2.45) is 0 Å². The van der Waals surface area contributed by atoms with Crippen LogP contribution in [-0.2, 0) is 20.9 Å². The molecule has 0 aliphatic rings. The molecule has 2 aromatic rings. The van der Waals surface area contributed by atoms with Crippen LogP contribution >= 0.6 is 6.72 Å². The van der Waals surface area contributed by atoms with Crippen LogP contribution in [0.2, 0.25) is 0 Å². The van der Waals surface area contributed by atoms with Gasteiger partial charge in [-0.05, 0) is 38.5 Å². The highest BCUT2D eigenvalue weighted by Gasteiger charge is 2.22. The fraction of sp³-hybridized carbons (Fsp3) is 0.333. The molecule has 0 fully saturated rings. The third kappa shape index (κ3) is 3.80. The number of nitriles is 1. The molecule has 0 saturated carbocycles. The Morgan fingerprint density at radius 1 is 1.30 bits per heavy atom. The molecule has 0 spiro atoms. The zero-order valence-electron chi connectivity index (χ0n) is 13.0. The monoisotopic (exact) mass is 353 g/mol. The lowest BCUT2D eigenvalue weighted by Gasteiger charge is -2.21. The lowest BCUT2D eigenvalue weighted by atomic mass is 10.1. The Labute approximate surface area is 138 Å². The Bertz CT molecular complexity index is 861. The topological polar surface area (TPSA) is 81.7 Å². The van der Waals surface area contributed by atoms with Gasteiger partial charge in [-0.25, -0.2) is 4.79 Å². The van der Waals surface area contributed by atoms with Gasteiger partial charge in [-0.1, -0.05) is 0 Å². The molecule has 0 N–H and O–H groups in total. The third-order valence-corrected chi connectivity index (χ3v) is 5.48. The predicted octanol–water partition coefficient (Wildman–Crippen LogP) is 3.65. The van der Waals surface area contributed by atoms with Gasteiger partial charge in [0.2, 0.25) is 0 Å². The van der Waals surface area contributed by atoms with Crippen molar-refractivity contribution in [2.45, 2.75) is 20.8 Å². The Morgan fingerprint density at radius 2 is 1.96 bits per heavy atom. The molecule has 0 unspecified atom stereocenters. The van der Waals surface area contributed by atoms with Gasteiger partial charge in [0.15, 0.2) is 0 Å². The maximum absolute atomic E-state index is 11.8. The van der Waals surface area contributed by atoms with Gasteiger partial charge in [-0.3, -0.25) is 9.05 Å². The summed E-state index contributed by atoms with van der Waals surface area (Å²) in [4.78, 5) is 11.8. The molecule has 122 valence electrons. The summed E-state index contributed by atoms with van der Waals surface area (Å²) in [6, 6.07) is 6.78. The molecule has 6 nitrogen and oxygen atoms in total. The standard InChI is InChI=1S/C15H16NO5PS/c1-4-18-22(23,19-5-2)21-11-6-7-12-10(3)13(9-16)15(17)20-14(12)8-11/h6-8H,4-5H2,1-3H3. The first kappa shape index (κ1) is 17.6. The SMILES string of the molecule is CCOP(=S)(OCC)Oc1ccc2c(C)c(C#N)c(=O)oc2c1. The van der Waals surface area contributed by atoms with Crippen LogP contribution in [0.15, 0.2) is 27.4 Å². The van der Waals surface area contributed by atoms with E-state index >= 15 is 0 Å². The summed E-state index contributed by atoms with van der Waals surface area (Å²) < 4.78 is 21.7. The lowest BCUT2D eigenvalue weighted by Crippen LogP contribution is -2.07. The predicted molar refractivity (Wildman–Crippen MR) is 90.1 cm³/mol. The van der Waals surface area contributed by atoms with Crippen LogP contribution in [0.1, 0.15) is 25.0 Å². The van der Waals surface area contributed by atoms with Gasteiger partial charge in [0.05, 0.1) is 13.2 Å². The van der Waals surface area contributed by atoms with Crippen molar-refractivity contribution in [2.75, 3.05) is 13.2 Å². The van der Waals surface area contributed by atoms with Crippen molar-refractivity contribution in [3.63, 3.8) is 0 Å². The fourth-order valence-electron chi connectivity index (χ4n) is 2.06. The summed E-state index contributed by atoms with van der Waals surface area (Å²) in [7, 11) is 0. The Balaban J connectivity index is 2.47. The lowest BCUT2D eigenvalue weighted by molar-refractivity contribution is 0.218. The van der Waals surface area contributed by atoms with Crippen LogP contribution in [0.5, 0.6) is 5.75 Å². The largest absolute Gasteiger partial charge is 0.424 e. The van der Waals surface area contributed by atoms with Gasteiger partial charge in [0.1, 0.15) is 23.0 Å². The summed E-state index contributed by atoms with van der Waals surface area (Å²) in [6.07, 6.45) is 0. The average Bonchev–Trinajstić information content (AvgIpc) is 2.47. The zero-order valence-corrected chi connectivity index (χ0v) is 14.7. The second-order valence-corrected chi connectivity index (χ2v) is 7.47. The third-order valence-electron chi connectivity index (χ3n) is 3.04. The number of hydrogen-bond donors (Lipinski definition) is 0. The van der Waals surface area contributed by atoms with E-state index in [1.54, 1.807) is 39.0 Å². The van der Waals surface area contributed by atoms with Crippen LogP contribution in [0.3, 0.4) is 0 Å². The normalized spacial score (nSPS) is 11.4. The smallest absolute Gasteiger partial charge is 0.380 e. The van der Waals surface area contributed by atoms with Crippen molar-refractivity contribution in [1.82, 2.24) is 0 Å². The molecular formula is C15H16NO5PS. The van der Waals surface area contributed by atoms with Crippen molar-refractivity contribution >= 4 is 29.5 Å². The van der Waals surface area contributed by atoms with Gasteiger partial charge >= 0.3 is 12.3 Å². The first-order chi connectivity index (χ1) is 10.9. The average molecular weight is 353 g/mol. The molecule has 0 aliphatic carbocycles. The number of aryl methyl sites for hydroxylation is 1. The van der Waals surface area contributed by atoms with E-state index in [1.165, 1.54) is 0 Å². The minimum atomic E-state index is -2.90. The highest BCUT2D eigenvalue weighted by molar-refractivity contribution is 8.07. The van der Waals surface area contributed by atoms with E-state index in [2.05, 4.69) is 0 Å². The minimum Gasteiger partial charge on any atom is -0.424 e. The summed E-state index contributed by atoms with van der Waals surface area (Å²) in [5.74, 6) is 0.384. The van der Waals surface area contributed by atoms with Crippen LogP contribution in [0.25, 0.3) is 11.0 Å². The van der Waals surface area contributed by atoms with E-state index in [-0.39, 0.29) is 5.56 Å². The summed E-state index contributed by atoms with van der Waals surface area (Å²) in [6.45, 7) is 3.13. The van der Waals surface area contributed by atoms with E-state index < -0.39 is 12.3 Å². The van der Waals surface area contributed by atoms with Crippen molar-refractivity contribution in [3.8, 4) is 11.8 Å². The second kappa shape index (κ2) is 7.24. The van der Waals surface area contributed by atoms with Gasteiger partial charge in [-0.15, -0.1) is 0 Å². The molecule has 23 heavy (non-hydrogen) atoms. The summed E-state index contributed by atoms with van der Waals surface area (Å²) in [5.41, 5.74) is 0.210. The number of nitrogens with zero attached hydrogens (tertiary/aromatic N) is 1. The van der Waals surface area contributed by atoms with Gasteiger partial charge in [-0.2, -0.15) is 5.26 Å². The van der Waals surface area contributed by atoms with E-state index in [4.69, 9.17) is 35.1 Å². The van der Waals surface area contributed by atoms with Crippen molar-refractivity contribution in [3.05, 3.63) is 39.7 Å². The molecule has 1 aromatic heterocycles. The minimum absolute atomic E-state index is 0.0000767. The highest BCUT2D eigenvalue weighted by Crippen LogP contribution is 2.50. The fourth-order valence-corrected chi connectivity index (χ4v) is 4.13. The number of benzene rings is 1. The van der Waals surface area contributed by atoms with Gasteiger partial charge < -0.3 is 8.94 Å². The van der Waals surface area contributed by atoms with E-state index in [0.29, 0.717) is 35.5 Å². The van der Waals surface area contributed by atoms with E-state index in [9.17, 15) is 4.79 Å². The van der Waals surface area contributed by atoms with E-state index in [1.807, 2.05) is 6.07 Å². The zero-order chi connectivity index (χ0) is 17.0. The molecule has 1 aromatic carbocycles. The molecule has 0 aliphatic heterocycles. The number of fused-ring (bicyclic) bond motifs is 1. The molecule has 0 amide bonds. The molecule has 2 rings (SSSR count). The molecule has 0 bridgehead atoms. The first-order valence-electron chi connectivity index (χ1n) is 7.00. The van der Waals surface area contributed by atoms with Crippen LogP contribution in [0.4, 0.5) is 0 Å². The highest BCUT2D eigenvalue weighted by atomic mass is 32.5. The van der Waals surface area contributed by atoms with Crippen LogP contribution in [0, 0.1) is 18.3 Å². The molecule has 0 radical (unpaired) electrons. The quantitative estimate of drug-likeness (QED) is 0.579. The maximum atomic E-state index is 11.8. The van der Waals surface area contributed by atoms with Gasteiger partial charge in [0.25, 0.3) is 0 Å².